The molecule has 0 aliphatic heterocycles. The standard InChI is InChI=1S/C15H22N2O2/c1-3-19-13-9-12(15(13)7-4-8-15)16-11-5-6-14(18)17(2)10-11/h5-6,10,12-13,16H,3-4,7-9H2,1-2H3. The predicted octanol–water partition coefficient (Wildman–Crippen LogP) is 2.14. The number of rotatable bonds is 4. The Morgan fingerprint density at radius 3 is 2.84 bits per heavy atom. The second-order valence-corrected chi connectivity index (χ2v) is 5.83. The van der Waals surface area contributed by atoms with Gasteiger partial charge in [0.05, 0.1) is 11.8 Å². The molecule has 0 saturated heterocycles. The molecule has 2 fully saturated rings. The molecule has 0 radical (unpaired) electrons. The van der Waals surface area contributed by atoms with Crippen molar-refractivity contribution in [1.29, 1.82) is 0 Å². The van der Waals surface area contributed by atoms with Crippen molar-refractivity contribution < 1.29 is 4.74 Å². The van der Waals surface area contributed by atoms with Crippen LogP contribution in [0.1, 0.15) is 32.6 Å². The number of nitrogens with zero attached hydrogens (tertiary/aromatic N) is 1. The fourth-order valence-corrected chi connectivity index (χ4v) is 3.52. The summed E-state index contributed by atoms with van der Waals surface area (Å²) in [5.74, 6) is 0. The quantitative estimate of drug-likeness (QED) is 0.904. The summed E-state index contributed by atoms with van der Waals surface area (Å²) in [5.41, 5.74) is 1.42. The molecular formula is C15H22N2O2. The summed E-state index contributed by atoms with van der Waals surface area (Å²) in [4.78, 5) is 11.4. The Labute approximate surface area is 113 Å². The molecule has 4 nitrogen and oxygen atoms in total. The summed E-state index contributed by atoms with van der Waals surface area (Å²) in [6.45, 7) is 2.87. The third-order valence-corrected chi connectivity index (χ3v) is 4.86. The topological polar surface area (TPSA) is 43.3 Å². The van der Waals surface area contributed by atoms with Crippen LogP contribution in [-0.2, 0) is 11.8 Å². The van der Waals surface area contributed by atoms with Crippen LogP contribution in [0.5, 0.6) is 0 Å². The van der Waals surface area contributed by atoms with Crippen LogP contribution < -0.4 is 10.9 Å². The molecule has 2 saturated carbocycles. The van der Waals surface area contributed by atoms with Crippen molar-refractivity contribution in [2.75, 3.05) is 11.9 Å². The molecule has 3 rings (SSSR count). The van der Waals surface area contributed by atoms with Gasteiger partial charge in [-0.25, -0.2) is 0 Å². The minimum atomic E-state index is 0.0321. The van der Waals surface area contributed by atoms with E-state index in [2.05, 4.69) is 12.2 Å². The van der Waals surface area contributed by atoms with Crippen molar-refractivity contribution in [2.24, 2.45) is 12.5 Å². The highest BCUT2D eigenvalue weighted by molar-refractivity contribution is 5.43. The lowest BCUT2D eigenvalue weighted by Crippen LogP contribution is -2.64. The first-order valence-electron chi connectivity index (χ1n) is 7.20. The van der Waals surface area contributed by atoms with E-state index >= 15 is 0 Å². The van der Waals surface area contributed by atoms with E-state index in [-0.39, 0.29) is 5.56 Å². The molecule has 0 amide bonds. The number of anilines is 1. The molecule has 1 heterocycles. The molecule has 0 bridgehead atoms. The first-order chi connectivity index (χ1) is 9.15. The van der Waals surface area contributed by atoms with Crippen molar-refractivity contribution in [1.82, 2.24) is 4.57 Å². The Bertz CT molecular complexity index is 519. The predicted molar refractivity (Wildman–Crippen MR) is 75.4 cm³/mol. The number of nitrogens with one attached hydrogen (secondary N) is 1. The van der Waals surface area contributed by atoms with Gasteiger partial charge in [-0.15, -0.1) is 0 Å². The zero-order valence-corrected chi connectivity index (χ0v) is 11.7. The number of hydrogen-bond donors (Lipinski definition) is 1. The monoisotopic (exact) mass is 262 g/mol. The maximum Gasteiger partial charge on any atom is 0.250 e. The third-order valence-electron chi connectivity index (χ3n) is 4.86. The van der Waals surface area contributed by atoms with Gasteiger partial charge in [0.1, 0.15) is 0 Å². The first-order valence-corrected chi connectivity index (χ1v) is 7.20. The summed E-state index contributed by atoms with van der Waals surface area (Å²) in [7, 11) is 1.79. The SMILES string of the molecule is CCOC1CC(Nc2ccc(=O)n(C)c2)C12CCC2. The molecule has 4 heteroatoms. The molecule has 104 valence electrons. The van der Waals surface area contributed by atoms with Gasteiger partial charge < -0.3 is 14.6 Å². The van der Waals surface area contributed by atoms with Gasteiger partial charge in [-0.05, 0) is 32.3 Å². The fourth-order valence-electron chi connectivity index (χ4n) is 3.52. The Morgan fingerprint density at radius 1 is 1.47 bits per heavy atom. The average molecular weight is 262 g/mol. The van der Waals surface area contributed by atoms with Gasteiger partial charge in [-0.3, -0.25) is 4.79 Å². The summed E-state index contributed by atoms with van der Waals surface area (Å²) in [6.07, 6.45) is 7.23. The average Bonchev–Trinajstić information content (AvgIpc) is 2.30. The Balaban J connectivity index is 1.70. The molecule has 19 heavy (non-hydrogen) atoms. The number of aromatic nitrogens is 1. The van der Waals surface area contributed by atoms with Crippen LogP contribution in [0.25, 0.3) is 0 Å². The summed E-state index contributed by atoms with van der Waals surface area (Å²) >= 11 is 0. The minimum Gasteiger partial charge on any atom is -0.380 e. The Hall–Kier alpha value is -1.29. The number of hydrogen-bond acceptors (Lipinski definition) is 3. The molecule has 0 aromatic carbocycles. The van der Waals surface area contributed by atoms with E-state index < -0.39 is 0 Å². The first kappa shape index (κ1) is 12.7. The smallest absolute Gasteiger partial charge is 0.250 e. The molecule has 2 aliphatic rings. The van der Waals surface area contributed by atoms with Crippen LogP contribution in [0.3, 0.4) is 0 Å². The van der Waals surface area contributed by atoms with Gasteiger partial charge in [0.15, 0.2) is 0 Å². The van der Waals surface area contributed by atoms with Gasteiger partial charge in [0.2, 0.25) is 5.56 Å². The van der Waals surface area contributed by atoms with Crippen molar-refractivity contribution >= 4 is 5.69 Å². The van der Waals surface area contributed by atoms with Gasteiger partial charge in [0.25, 0.3) is 0 Å². The highest BCUT2D eigenvalue weighted by Gasteiger charge is 2.58. The zero-order valence-electron chi connectivity index (χ0n) is 11.7. The Kier molecular flexibility index (Phi) is 3.13. The largest absolute Gasteiger partial charge is 0.380 e. The third kappa shape index (κ3) is 1.98. The lowest BCUT2D eigenvalue weighted by atomic mass is 9.51. The molecule has 2 atom stereocenters. The zero-order chi connectivity index (χ0) is 13.5. The van der Waals surface area contributed by atoms with E-state index in [1.54, 1.807) is 17.7 Å². The van der Waals surface area contributed by atoms with E-state index in [1.807, 2.05) is 12.3 Å². The maximum absolute atomic E-state index is 11.4. The number of aryl methyl sites for hydroxylation is 1. The van der Waals surface area contributed by atoms with E-state index in [1.165, 1.54) is 19.3 Å². The molecular weight excluding hydrogens is 240 g/mol. The Morgan fingerprint density at radius 2 is 2.26 bits per heavy atom. The normalized spacial score (nSPS) is 27.7. The van der Waals surface area contributed by atoms with Crippen LogP contribution >= 0.6 is 0 Å². The van der Waals surface area contributed by atoms with E-state index in [0.717, 1.165) is 18.7 Å². The minimum absolute atomic E-state index is 0.0321. The van der Waals surface area contributed by atoms with Gasteiger partial charge >= 0.3 is 0 Å². The fraction of sp³-hybridized carbons (Fsp3) is 0.667. The van der Waals surface area contributed by atoms with Gasteiger partial charge in [-0.1, -0.05) is 6.42 Å². The van der Waals surface area contributed by atoms with Crippen molar-refractivity contribution in [2.45, 2.75) is 44.8 Å². The van der Waals surface area contributed by atoms with Crippen LogP contribution in [-0.4, -0.2) is 23.3 Å². The van der Waals surface area contributed by atoms with Crippen LogP contribution in [0.2, 0.25) is 0 Å². The number of ether oxygens (including phenoxy) is 1. The molecule has 2 unspecified atom stereocenters. The van der Waals surface area contributed by atoms with E-state index in [0.29, 0.717) is 17.6 Å². The van der Waals surface area contributed by atoms with Crippen LogP contribution in [0.4, 0.5) is 5.69 Å². The van der Waals surface area contributed by atoms with Gasteiger partial charge in [0, 0.05) is 37.4 Å². The van der Waals surface area contributed by atoms with Crippen molar-refractivity contribution in [3.63, 3.8) is 0 Å². The van der Waals surface area contributed by atoms with Crippen LogP contribution in [0, 0.1) is 5.41 Å². The lowest BCUT2D eigenvalue weighted by molar-refractivity contribution is -0.157. The molecule has 1 spiro atoms. The van der Waals surface area contributed by atoms with Crippen molar-refractivity contribution in [3.05, 3.63) is 28.7 Å². The summed E-state index contributed by atoms with van der Waals surface area (Å²) in [6, 6.07) is 3.99. The van der Waals surface area contributed by atoms with E-state index in [9.17, 15) is 4.79 Å². The van der Waals surface area contributed by atoms with Crippen molar-refractivity contribution in [3.8, 4) is 0 Å². The number of pyridine rings is 1. The molecule has 1 aromatic heterocycles. The highest BCUT2D eigenvalue weighted by Crippen LogP contribution is 2.58. The van der Waals surface area contributed by atoms with Crippen LogP contribution in [0.15, 0.2) is 23.1 Å². The van der Waals surface area contributed by atoms with E-state index in [4.69, 9.17) is 4.74 Å². The maximum atomic E-state index is 11.4. The lowest BCUT2D eigenvalue weighted by Gasteiger charge is -2.61. The second kappa shape index (κ2) is 4.67. The molecule has 1 N–H and O–H groups in total. The summed E-state index contributed by atoms with van der Waals surface area (Å²) < 4.78 is 7.47. The molecule has 1 aromatic rings. The second-order valence-electron chi connectivity index (χ2n) is 5.83. The van der Waals surface area contributed by atoms with Gasteiger partial charge in [-0.2, -0.15) is 0 Å². The molecule has 2 aliphatic carbocycles. The highest BCUT2D eigenvalue weighted by atomic mass is 16.5. The summed E-state index contributed by atoms with van der Waals surface area (Å²) in [5, 5.41) is 3.59.